The van der Waals surface area contributed by atoms with E-state index < -0.39 is 17.7 Å². The van der Waals surface area contributed by atoms with Crippen LogP contribution < -0.4 is 9.64 Å². The molecule has 35 heavy (non-hydrogen) atoms. The van der Waals surface area contributed by atoms with E-state index in [9.17, 15) is 14.7 Å². The number of carbonyl (C=O) groups excluding carboxylic acids is 2. The van der Waals surface area contributed by atoms with E-state index in [1.807, 2.05) is 44.2 Å². The summed E-state index contributed by atoms with van der Waals surface area (Å²) in [5.74, 6) is -0.236. The zero-order valence-electron chi connectivity index (χ0n) is 21.8. The molecule has 1 heterocycles. The molecule has 1 atom stereocenters. The van der Waals surface area contributed by atoms with Gasteiger partial charge in [-0.3, -0.25) is 9.59 Å². The summed E-state index contributed by atoms with van der Waals surface area (Å²) in [6.07, 6.45) is 0.710. The fraction of sp³-hybridized carbons (Fsp3) is 0.448. The normalized spacial score (nSPS) is 17.3. The minimum atomic E-state index is -0.647. The van der Waals surface area contributed by atoms with E-state index in [1.54, 1.807) is 17.0 Å². The average molecular weight is 479 g/mol. The highest BCUT2D eigenvalue weighted by Gasteiger charge is 2.45. The lowest BCUT2D eigenvalue weighted by Crippen LogP contribution is -2.30. The number of hydrogen-bond acceptors (Lipinski definition) is 5. The number of rotatable bonds is 10. The summed E-state index contributed by atoms with van der Waals surface area (Å²) in [5, 5.41) is 11.3. The number of aryl methyl sites for hydroxylation is 1. The van der Waals surface area contributed by atoms with Crippen LogP contribution in [0.4, 0.5) is 5.69 Å². The monoisotopic (exact) mass is 478 g/mol. The van der Waals surface area contributed by atoms with Gasteiger partial charge in [-0.05, 0) is 74.6 Å². The molecule has 2 aromatic rings. The molecular weight excluding hydrogens is 440 g/mol. The molecule has 1 N–H and O–H groups in total. The van der Waals surface area contributed by atoms with Crippen molar-refractivity contribution in [3.63, 3.8) is 0 Å². The fourth-order valence-electron chi connectivity index (χ4n) is 4.52. The number of ether oxygens (including phenoxy) is 1. The first kappa shape index (κ1) is 26.3. The van der Waals surface area contributed by atoms with Crippen molar-refractivity contribution >= 4 is 23.1 Å². The van der Waals surface area contributed by atoms with E-state index in [4.69, 9.17) is 4.74 Å². The van der Waals surface area contributed by atoms with Crippen molar-refractivity contribution in [2.75, 3.05) is 31.1 Å². The molecule has 1 unspecified atom stereocenters. The zero-order chi connectivity index (χ0) is 25.7. The number of aliphatic hydroxyl groups is 1. The standard InChI is InChI=1S/C29H38N2O4/c1-7-16-31-26(21-10-13-23(14-11-21)30(8-2)9-3)25(28(33)29(31)34)27(32)22-12-15-24(20(6)17-22)35-18-19(4)5/h10-15,17,19,26,32H,7-9,16,18H2,1-6H3/b27-25-. The smallest absolute Gasteiger partial charge is 0.295 e. The summed E-state index contributed by atoms with van der Waals surface area (Å²) >= 11 is 0. The second kappa shape index (κ2) is 11.4. The van der Waals surface area contributed by atoms with Gasteiger partial charge in [-0.15, -0.1) is 0 Å². The third-order valence-corrected chi connectivity index (χ3v) is 6.36. The topological polar surface area (TPSA) is 70.1 Å². The Kier molecular flexibility index (Phi) is 8.60. The first-order chi connectivity index (χ1) is 16.7. The summed E-state index contributed by atoms with van der Waals surface area (Å²) < 4.78 is 5.85. The van der Waals surface area contributed by atoms with E-state index in [-0.39, 0.29) is 11.3 Å². The van der Waals surface area contributed by atoms with Gasteiger partial charge in [0.1, 0.15) is 11.5 Å². The molecule has 6 nitrogen and oxygen atoms in total. The lowest BCUT2D eigenvalue weighted by molar-refractivity contribution is -0.139. The molecule has 1 aliphatic rings. The number of ketones is 1. The van der Waals surface area contributed by atoms with Crippen LogP contribution in [-0.2, 0) is 9.59 Å². The van der Waals surface area contributed by atoms with Crippen molar-refractivity contribution in [3.8, 4) is 5.75 Å². The number of aliphatic hydroxyl groups excluding tert-OH is 1. The number of Topliss-reactive ketones (excluding diaryl/α,β-unsaturated/α-hetero) is 1. The molecule has 1 saturated heterocycles. The average Bonchev–Trinajstić information content (AvgIpc) is 3.09. The molecule has 0 aromatic heterocycles. The van der Waals surface area contributed by atoms with E-state index in [1.165, 1.54) is 0 Å². The minimum absolute atomic E-state index is 0.134. The first-order valence-corrected chi connectivity index (χ1v) is 12.6. The maximum atomic E-state index is 13.1. The van der Waals surface area contributed by atoms with Crippen LogP contribution in [0.15, 0.2) is 48.0 Å². The molecule has 0 radical (unpaired) electrons. The third kappa shape index (κ3) is 5.53. The Morgan fingerprint density at radius 1 is 1.06 bits per heavy atom. The van der Waals surface area contributed by atoms with Crippen LogP contribution in [0, 0.1) is 12.8 Å². The Morgan fingerprint density at radius 3 is 2.26 bits per heavy atom. The molecule has 0 aliphatic carbocycles. The lowest BCUT2D eigenvalue weighted by atomic mass is 9.94. The Morgan fingerprint density at radius 2 is 1.71 bits per heavy atom. The highest BCUT2D eigenvalue weighted by atomic mass is 16.5. The van der Waals surface area contributed by atoms with Gasteiger partial charge >= 0.3 is 0 Å². The maximum absolute atomic E-state index is 13.1. The number of carbonyl (C=O) groups is 2. The predicted molar refractivity (Wildman–Crippen MR) is 141 cm³/mol. The summed E-state index contributed by atoms with van der Waals surface area (Å²) in [6, 6.07) is 12.7. The van der Waals surface area contributed by atoms with Gasteiger partial charge in [0.2, 0.25) is 0 Å². The van der Waals surface area contributed by atoms with Gasteiger partial charge in [0.15, 0.2) is 0 Å². The Hall–Kier alpha value is -3.28. The molecule has 3 rings (SSSR count). The highest BCUT2D eigenvalue weighted by Crippen LogP contribution is 2.40. The molecule has 1 amide bonds. The molecule has 1 fully saturated rings. The van der Waals surface area contributed by atoms with Gasteiger partial charge in [-0.25, -0.2) is 0 Å². The van der Waals surface area contributed by atoms with Crippen LogP contribution in [0.5, 0.6) is 5.75 Å². The van der Waals surface area contributed by atoms with Crippen molar-refractivity contribution in [1.29, 1.82) is 0 Å². The second-order valence-corrected chi connectivity index (χ2v) is 9.44. The summed E-state index contributed by atoms with van der Waals surface area (Å²) in [5.41, 5.74) is 3.38. The molecular formula is C29H38N2O4. The van der Waals surface area contributed by atoms with Crippen LogP contribution in [-0.4, -0.2) is 47.9 Å². The lowest BCUT2D eigenvalue weighted by Gasteiger charge is -2.26. The summed E-state index contributed by atoms with van der Waals surface area (Å²) in [7, 11) is 0. The quantitative estimate of drug-likeness (QED) is 0.269. The van der Waals surface area contributed by atoms with Gasteiger partial charge in [0.05, 0.1) is 18.2 Å². The Bertz CT molecular complexity index is 1080. The number of likely N-dealkylation sites (tertiary alicyclic amines) is 1. The minimum Gasteiger partial charge on any atom is -0.507 e. The Balaban J connectivity index is 2.06. The number of nitrogens with zero attached hydrogens (tertiary/aromatic N) is 2. The van der Waals surface area contributed by atoms with E-state index in [0.29, 0.717) is 31.1 Å². The van der Waals surface area contributed by atoms with E-state index >= 15 is 0 Å². The molecule has 2 aromatic carbocycles. The SMILES string of the molecule is CCCN1C(=O)C(=O)/C(=C(\O)c2ccc(OCC(C)C)c(C)c2)C1c1ccc(N(CC)CC)cc1. The molecule has 0 bridgehead atoms. The molecule has 0 saturated carbocycles. The van der Waals surface area contributed by atoms with E-state index in [0.717, 1.165) is 35.7 Å². The number of anilines is 1. The van der Waals surface area contributed by atoms with Crippen LogP contribution in [0.3, 0.4) is 0 Å². The maximum Gasteiger partial charge on any atom is 0.295 e. The Labute approximate surface area is 209 Å². The van der Waals surface area contributed by atoms with Crippen LogP contribution in [0.1, 0.15) is 63.8 Å². The van der Waals surface area contributed by atoms with Crippen LogP contribution in [0.2, 0.25) is 0 Å². The van der Waals surface area contributed by atoms with Crippen molar-refractivity contribution in [3.05, 3.63) is 64.7 Å². The molecule has 6 heteroatoms. The first-order valence-electron chi connectivity index (χ1n) is 12.6. The highest BCUT2D eigenvalue weighted by molar-refractivity contribution is 6.46. The summed E-state index contributed by atoms with van der Waals surface area (Å²) in [6.45, 7) is 15.1. The number of benzene rings is 2. The predicted octanol–water partition coefficient (Wildman–Crippen LogP) is 5.71. The van der Waals surface area contributed by atoms with Crippen molar-refractivity contribution in [1.82, 2.24) is 4.90 Å². The van der Waals surface area contributed by atoms with Gasteiger partial charge in [0, 0.05) is 30.9 Å². The van der Waals surface area contributed by atoms with Gasteiger partial charge in [-0.1, -0.05) is 32.9 Å². The van der Waals surface area contributed by atoms with Crippen molar-refractivity contribution < 1.29 is 19.4 Å². The van der Waals surface area contributed by atoms with Crippen molar-refractivity contribution in [2.24, 2.45) is 5.92 Å². The fourth-order valence-corrected chi connectivity index (χ4v) is 4.52. The van der Waals surface area contributed by atoms with Crippen LogP contribution >= 0.6 is 0 Å². The molecule has 1 aliphatic heterocycles. The van der Waals surface area contributed by atoms with Gasteiger partial charge < -0.3 is 19.6 Å². The van der Waals surface area contributed by atoms with Crippen molar-refractivity contribution in [2.45, 2.75) is 54.0 Å². The number of hydrogen-bond donors (Lipinski definition) is 1. The van der Waals surface area contributed by atoms with Crippen LogP contribution in [0.25, 0.3) is 5.76 Å². The third-order valence-electron chi connectivity index (χ3n) is 6.36. The molecule has 188 valence electrons. The van der Waals surface area contributed by atoms with E-state index in [2.05, 4.69) is 32.6 Å². The second-order valence-electron chi connectivity index (χ2n) is 9.44. The van der Waals surface area contributed by atoms with Gasteiger partial charge in [0.25, 0.3) is 11.7 Å². The van der Waals surface area contributed by atoms with Gasteiger partial charge in [-0.2, -0.15) is 0 Å². The number of amides is 1. The molecule has 0 spiro atoms. The summed E-state index contributed by atoms with van der Waals surface area (Å²) in [4.78, 5) is 29.9. The zero-order valence-corrected chi connectivity index (χ0v) is 21.8. The largest absolute Gasteiger partial charge is 0.507 e.